The second kappa shape index (κ2) is 4.26. The van der Waals surface area contributed by atoms with Gasteiger partial charge >= 0.3 is 5.97 Å². The molecule has 1 N–H and O–H groups in total. The Morgan fingerprint density at radius 1 is 1.75 bits per heavy atom. The lowest BCUT2D eigenvalue weighted by Gasteiger charge is -2.23. The van der Waals surface area contributed by atoms with E-state index in [4.69, 9.17) is 9.84 Å². The Labute approximate surface area is 72.0 Å². The van der Waals surface area contributed by atoms with E-state index in [2.05, 4.69) is 0 Å². The smallest absolute Gasteiger partial charge is 0.306 e. The summed E-state index contributed by atoms with van der Waals surface area (Å²) < 4.78 is 4.87. The molecule has 68 valence electrons. The minimum absolute atomic E-state index is 0.134. The van der Waals surface area contributed by atoms with Gasteiger partial charge in [0.25, 0.3) is 0 Å². The summed E-state index contributed by atoms with van der Waals surface area (Å²) in [7, 11) is 0. The van der Waals surface area contributed by atoms with Crippen molar-refractivity contribution in [2.24, 2.45) is 5.92 Å². The molecule has 0 bridgehead atoms. The van der Waals surface area contributed by atoms with Crippen molar-refractivity contribution in [1.82, 2.24) is 0 Å². The highest BCUT2D eigenvalue weighted by molar-refractivity contribution is 5.71. The highest BCUT2D eigenvalue weighted by Gasteiger charge is 2.23. The Hall–Kier alpha value is -0.830. The first-order chi connectivity index (χ1) is 5.77. The molecule has 1 rings (SSSR count). The van der Waals surface area contributed by atoms with Gasteiger partial charge in [-0.2, -0.15) is 0 Å². The van der Waals surface area contributed by atoms with E-state index in [-0.39, 0.29) is 18.5 Å². The van der Waals surface area contributed by atoms with Gasteiger partial charge in [0.05, 0.1) is 6.42 Å². The van der Waals surface area contributed by atoms with Gasteiger partial charge in [-0.3, -0.25) is 4.79 Å². The van der Waals surface area contributed by atoms with E-state index in [9.17, 15) is 4.79 Å². The molecule has 0 aliphatic carbocycles. The number of hydrogen-bond donors (Lipinski definition) is 1. The van der Waals surface area contributed by atoms with Gasteiger partial charge in [-0.15, -0.1) is 0 Å². The number of carbonyl (C=O) groups excluding carboxylic acids is 1. The SMILES string of the molecule is CC=C1COC(=O)C[C@@H]1CCO. The number of ether oxygens (including phenoxy) is 1. The van der Waals surface area contributed by atoms with Crippen molar-refractivity contribution in [3.63, 3.8) is 0 Å². The van der Waals surface area contributed by atoms with Crippen molar-refractivity contribution in [3.8, 4) is 0 Å². The molecule has 1 fully saturated rings. The molecule has 0 amide bonds. The normalized spacial score (nSPS) is 27.3. The average molecular weight is 170 g/mol. The lowest BCUT2D eigenvalue weighted by atomic mass is 9.91. The molecular weight excluding hydrogens is 156 g/mol. The maximum Gasteiger partial charge on any atom is 0.306 e. The van der Waals surface area contributed by atoms with Gasteiger partial charge in [0.1, 0.15) is 6.61 Å². The van der Waals surface area contributed by atoms with E-state index in [0.717, 1.165) is 5.57 Å². The number of hydrogen-bond acceptors (Lipinski definition) is 3. The lowest BCUT2D eigenvalue weighted by molar-refractivity contribution is -0.146. The third kappa shape index (κ3) is 2.08. The number of aliphatic hydroxyl groups excluding tert-OH is 1. The van der Waals surface area contributed by atoms with Crippen LogP contribution in [-0.4, -0.2) is 24.3 Å². The first-order valence-electron chi connectivity index (χ1n) is 4.19. The summed E-state index contributed by atoms with van der Waals surface area (Å²) in [6.07, 6.45) is 3.04. The summed E-state index contributed by atoms with van der Waals surface area (Å²) in [6, 6.07) is 0. The van der Waals surface area contributed by atoms with Crippen molar-refractivity contribution in [2.45, 2.75) is 19.8 Å². The first-order valence-corrected chi connectivity index (χ1v) is 4.19. The van der Waals surface area contributed by atoms with E-state index < -0.39 is 0 Å². The monoisotopic (exact) mass is 170 g/mol. The molecule has 0 saturated carbocycles. The number of cyclic esters (lactones) is 1. The predicted molar refractivity (Wildman–Crippen MR) is 44.5 cm³/mol. The first kappa shape index (κ1) is 9.26. The topological polar surface area (TPSA) is 46.5 Å². The fraction of sp³-hybridized carbons (Fsp3) is 0.667. The summed E-state index contributed by atoms with van der Waals surface area (Å²) in [5.74, 6) is 0.0419. The molecule has 0 spiro atoms. The van der Waals surface area contributed by atoms with Crippen LogP contribution >= 0.6 is 0 Å². The molecule has 0 unspecified atom stereocenters. The highest BCUT2D eigenvalue weighted by Crippen LogP contribution is 2.24. The molecule has 0 aromatic carbocycles. The molecular formula is C9H14O3. The molecule has 1 aliphatic heterocycles. The van der Waals surface area contributed by atoms with Crippen LogP contribution in [0.5, 0.6) is 0 Å². The molecule has 0 radical (unpaired) electrons. The lowest BCUT2D eigenvalue weighted by Crippen LogP contribution is -2.24. The van der Waals surface area contributed by atoms with Crippen molar-refractivity contribution in [1.29, 1.82) is 0 Å². The van der Waals surface area contributed by atoms with Gasteiger partial charge in [-0.05, 0) is 24.8 Å². The standard InChI is InChI=1S/C9H14O3/c1-2-7-6-12-9(11)5-8(7)3-4-10/h2,8,10H,3-6H2,1H3/t8-/m0/s1. The van der Waals surface area contributed by atoms with Gasteiger partial charge < -0.3 is 9.84 Å². The van der Waals surface area contributed by atoms with E-state index in [0.29, 0.717) is 19.4 Å². The van der Waals surface area contributed by atoms with Crippen molar-refractivity contribution >= 4 is 5.97 Å². The van der Waals surface area contributed by atoms with Crippen molar-refractivity contribution < 1.29 is 14.6 Å². The maximum atomic E-state index is 10.9. The van der Waals surface area contributed by atoms with Crippen molar-refractivity contribution in [3.05, 3.63) is 11.6 Å². The zero-order valence-corrected chi connectivity index (χ0v) is 7.25. The van der Waals surface area contributed by atoms with Gasteiger partial charge in [-0.25, -0.2) is 0 Å². The predicted octanol–water partition coefficient (Wildman–Crippen LogP) is 0.878. The summed E-state index contributed by atoms with van der Waals surface area (Å²) in [4.78, 5) is 10.9. The molecule has 1 aliphatic rings. The number of rotatable bonds is 2. The molecule has 3 nitrogen and oxygen atoms in total. The zero-order chi connectivity index (χ0) is 8.97. The second-order valence-electron chi connectivity index (χ2n) is 2.94. The van der Waals surface area contributed by atoms with Gasteiger partial charge in [0.15, 0.2) is 0 Å². The quantitative estimate of drug-likeness (QED) is 0.494. The largest absolute Gasteiger partial charge is 0.461 e. The zero-order valence-electron chi connectivity index (χ0n) is 7.25. The summed E-state index contributed by atoms with van der Waals surface area (Å²) in [5, 5.41) is 8.74. The van der Waals surface area contributed by atoms with Crippen LogP contribution < -0.4 is 0 Å². The minimum atomic E-state index is -0.154. The summed E-state index contributed by atoms with van der Waals surface area (Å²) >= 11 is 0. The van der Waals surface area contributed by atoms with E-state index in [1.807, 2.05) is 13.0 Å². The van der Waals surface area contributed by atoms with Crippen LogP contribution in [0.25, 0.3) is 0 Å². The Balaban J connectivity index is 2.58. The third-order valence-corrected chi connectivity index (χ3v) is 2.19. The minimum Gasteiger partial charge on any atom is -0.461 e. The molecule has 12 heavy (non-hydrogen) atoms. The Kier molecular flexibility index (Phi) is 3.29. The van der Waals surface area contributed by atoms with E-state index in [1.54, 1.807) is 0 Å². The van der Waals surface area contributed by atoms with E-state index in [1.165, 1.54) is 0 Å². The second-order valence-corrected chi connectivity index (χ2v) is 2.94. The number of carbonyl (C=O) groups is 1. The van der Waals surface area contributed by atoms with Crippen LogP contribution in [0.1, 0.15) is 19.8 Å². The van der Waals surface area contributed by atoms with Crippen LogP contribution in [0.15, 0.2) is 11.6 Å². The summed E-state index contributed by atoms with van der Waals surface area (Å²) in [6.45, 7) is 2.47. The molecule has 1 heterocycles. The number of aliphatic hydroxyl groups is 1. The van der Waals surface area contributed by atoms with Gasteiger partial charge in [0.2, 0.25) is 0 Å². The van der Waals surface area contributed by atoms with Gasteiger partial charge in [-0.1, -0.05) is 6.08 Å². The van der Waals surface area contributed by atoms with Crippen LogP contribution in [0.3, 0.4) is 0 Å². The number of esters is 1. The van der Waals surface area contributed by atoms with Crippen LogP contribution in [0.2, 0.25) is 0 Å². The van der Waals surface area contributed by atoms with Crippen LogP contribution in [-0.2, 0) is 9.53 Å². The van der Waals surface area contributed by atoms with Crippen molar-refractivity contribution in [2.75, 3.05) is 13.2 Å². The Bertz CT molecular complexity index is 196. The fourth-order valence-corrected chi connectivity index (χ4v) is 1.44. The Morgan fingerprint density at radius 3 is 3.08 bits per heavy atom. The Morgan fingerprint density at radius 2 is 2.50 bits per heavy atom. The molecule has 1 saturated heterocycles. The highest BCUT2D eigenvalue weighted by atomic mass is 16.5. The number of allylic oxidation sites excluding steroid dienone is 1. The molecule has 1 atom stereocenters. The van der Waals surface area contributed by atoms with Crippen LogP contribution in [0, 0.1) is 5.92 Å². The van der Waals surface area contributed by atoms with E-state index >= 15 is 0 Å². The fourth-order valence-electron chi connectivity index (χ4n) is 1.44. The summed E-state index contributed by atoms with van der Waals surface area (Å²) in [5.41, 5.74) is 1.13. The molecule has 3 heteroatoms. The van der Waals surface area contributed by atoms with Crippen LogP contribution in [0.4, 0.5) is 0 Å². The molecule has 0 aromatic rings. The third-order valence-electron chi connectivity index (χ3n) is 2.19. The average Bonchev–Trinajstić information content (AvgIpc) is 2.05. The maximum absolute atomic E-state index is 10.9. The van der Waals surface area contributed by atoms with Gasteiger partial charge in [0, 0.05) is 6.61 Å². The molecule has 0 aromatic heterocycles.